The van der Waals surface area contributed by atoms with E-state index in [4.69, 9.17) is 21.7 Å². The van der Waals surface area contributed by atoms with Crippen molar-refractivity contribution < 1.29 is 19.1 Å². The summed E-state index contributed by atoms with van der Waals surface area (Å²) in [5.41, 5.74) is 0.754. The highest BCUT2D eigenvalue weighted by Crippen LogP contribution is 2.31. The molecule has 0 unspecified atom stereocenters. The summed E-state index contributed by atoms with van der Waals surface area (Å²) in [5, 5.41) is 7.47. The molecule has 0 saturated carbocycles. The van der Waals surface area contributed by atoms with Gasteiger partial charge in [0.2, 0.25) is 0 Å². The second kappa shape index (κ2) is 8.30. The van der Waals surface area contributed by atoms with Gasteiger partial charge in [0.05, 0.1) is 12.0 Å². The van der Waals surface area contributed by atoms with Gasteiger partial charge in [-0.2, -0.15) is 0 Å². The lowest BCUT2D eigenvalue weighted by molar-refractivity contribution is -0.118. The molecule has 7 nitrogen and oxygen atoms in total. The van der Waals surface area contributed by atoms with Crippen LogP contribution in [0.5, 0.6) is 11.5 Å². The van der Waals surface area contributed by atoms with E-state index in [0.29, 0.717) is 25.9 Å². The van der Waals surface area contributed by atoms with Crippen LogP contribution < -0.4 is 20.1 Å². The Morgan fingerprint density at radius 2 is 2.27 bits per heavy atom. The highest BCUT2D eigenvalue weighted by molar-refractivity contribution is 8.26. The first-order chi connectivity index (χ1) is 12.5. The molecule has 1 saturated heterocycles. The van der Waals surface area contributed by atoms with E-state index < -0.39 is 0 Å². The number of anilines is 1. The number of carbonyl (C=O) groups excluding carboxylic acids is 2. The van der Waals surface area contributed by atoms with E-state index in [2.05, 4.69) is 15.6 Å². The molecule has 2 amide bonds. The quantitative estimate of drug-likeness (QED) is 0.562. The van der Waals surface area contributed by atoms with Gasteiger partial charge in [-0.3, -0.25) is 14.9 Å². The number of carbonyl (C=O) groups is 2. The molecule has 0 radical (unpaired) electrons. The second-order valence-electron chi connectivity index (χ2n) is 4.94. The average Bonchev–Trinajstić information content (AvgIpc) is 3.23. The fraction of sp³-hybridized carbons (Fsp3) is 0.125. The maximum Gasteiger partial charge on any atom is 0.264 e. The molecule has 1 aromatic heterocycles. The predicted molar refractivity (Wildman–Crippen MR) is 106 cm³/mol. The van der Waals surface area contributed by atoms with E-state index in [1.807, 2.05) is 0 Å². The molecule has 1 aliphatic rings. The number of amides is 2. The lowest BCUT2D eigenvalue weighted by Gasteiger charge is -2.11. The van der Waals surface area contributed by atoms with E-state index in [-0.39, 0.29) is 18.4 Å². The Kier molecular flexibility index (Phi) is 5.86. The van der Waals surface area contributed by atoms with Crippen molar-refractivity contribution in [1.82, 2.24) is 10.3 Å². The molecule has 0 aliphatic carbocycles. The fourth-order valence-corrected chi connectivity index (χ4v) is 3.64. The van der Waals surface area contributed by atoms with E-state index in [0.717, 1.165) is 5.56 Å². The van der Waals surface area contributed by atoms with Gasteiger partial charge in [0, 0.05) is 11.6 Å². The van der Waals surface area contributed by atoms with Crippen LogP contribution in [0.15, 0.2) is 34.7 Å². The minimum atomic E-state index is -0.319. The lowest BCUT2D eigenvalue weighted by atomic mass is 10.2. The van der Waals surface area contributed by atoms with Crippen molar-refractivity contribution in [2.24, 2.45) is 0 Å². The molecule has 3 rings (SSSR count). The average molecular weight is 407 g/mol. The first kappa shape index (κ1) is 18.4. The summed E-state index contributed by atoms with van der Waals surface area (Å²) in [6.07, 6.45) is 3.31. The molecule has 0 spiro atoms. The highest BCUT2D eigenvalue weighted by atomic mass is 32.2. The number of nitrogens with one attached hydrogen (secondary N) is 2. The summed E-state index contributed by atoms with van der Waals surface area (Å²) in [6, 6.07) is 5.16. The molecule has 0 bridgehead atoms. The molecular formula is C16H13N3O4S3. The maximum absolute atomic E-state index is 11.9. The lowest BCUT2D eigenvalue weighted by Crippen LogP contribution is -2.20. The number of ether oxygens (including phenoxy) is 2. The van der Waals surface area contributed by atoms with Crippen molar-refractivity contribution in [3.63, 3.8) is 0 Å². The topological polar surface area (TPSA) is 89.5 Å². The number of thiocarbonyl (C=S) groups is 1. The van der Waals surface area contributed by atoms with Crippen LogP contribution in [0.4, 0.5) is 5.13 Å². The summed E-state index contributed by atoms with van der Waals surface area (Å²) in [4.78, 5) is 28.1. The van der Waals surface area contributed by atoms with Gasteiger partial charge in [0.1, 0.15) is 4.32 Å². The van der Waals surface area contributed by atoms with Crippen LogP contribution in [0.25, 0.3) is 6.08 Å². The number of thioether (sulfide) groups is 1. The minimum absolute atomic E-state index is 0.178. The number of benzene rings is 1. The largest absolute Gasteiger partial charge is 0.493 e. The summed E-state index contributed by atoms with van der Waals surface area (Å²) in [7, 11) is 1.50. The minimum Gasteiger partial charge on any atom is -0.493 e. The van der Waals surface area contributed by atoms with Gasteiger partial charge in [-0.1, -0.05) is 30.0 Å². The number of methoxy groups -OCH3 is 1. The van der Waals surface area contributed by atoms with Gasteiger partial charge in [0.15, 0.2) is 23.2 Å². The van der Waals surface area contributed by atoms with Gasteiger partial charge in [0.25, 0.3) is 11.8 Å². The molecule has 1 aromatic carbocycles. The maximum atomic E-state index is 11.9. The standard InChI is InChI=1S/C16H13N3O4S3/c1-22-11-6-9(7-12-14(21)19-16(24)26-12)2-3-10(11)23-8-13(20)18-15-17-4-5-25-15/h2-7H,8H2,1H3,(H,17,18,20)(H,19,21,24)/b12-7-. The molecule has 2 N–H and O–H groups in total. The zero-order chi connectivity index (χ0) is 18.5. The van der Waals surface area contributed by atoms with Crippen molar-refractivity contribution >= 4 is 62.7 Å². The molecule has 1 fully saturated rings. The van der Waals surface area contributed by atoms with Crippen LogP contribution in [0.2, 0.25) is 0 Å². The zero-order valence-electron chi connectivity index (χ0n) is 13.5. The van der Waals surface area contributed by atoms with Crippen molar-refractivity contribution in [2.75, 3.05) is 19.0 Å². The number of rotatable bonds is 6. The molecule has 10 heteroatoms. The van der Waals surface area contributed by atoms with Gasteiger partial charge in [-0.05, 0) is 23.8 Å². The molecule has 2 heterocycles. The van der Waals surface area contributed by atoms with E-state index >= 15 is 0 Å². The normalized spacial score (nSPS) is 15.0. The van der Waals surface area contributed by atoms with Gasteiger partial charge < -0.3 is 14.8 Å². The number of thiazole rings is 1. The molecule has 2 aromatic rings. The Balaban J connectivity index is 1.67. The third-order valence-corrected chi connectivity index (χ3v) is 5.02. The van der Waals surface area contributed by atoms with Crippen LogP contribution in [-0.2, 0) is 9.59 Å². The monoisotopic (exact) mass is 407 g/mol. The number of aromatic nitrogens is 1. The fourth-order valence-electron chi connectivity index (χ4n) is 2.05. The number of hydrogen-bond acceptors (Lipinski definition) is 8. The molecule has 0 atom stereocenters. The Bertz CT molecular complexity index is 881. The van der Waals surface area contributed by atoms with Crippen molar-refractivity contribution in [2.45, 2.75) is 0 Å². The summed E-state index contributed by atoms with van der Waals surface area (Å²) in [5.74, 6) is 0.328. The number of nitrogens with zero attached hydrogens (tertiary/aromatic N) is 1. The Morgan fingerprint density at radius 3 is 2.92 bits per heavy atom. The third kappa shape index (κ3) is 4.59. The predicted octanol–water partition coefficient (Wildman–Crippen LogP) is 2.66. The Hall–Kier alpha value is -2.43. The zero-order valence-corrected chi connectivity index (χ0v) is 15.9. The first-order valence-corrected chi connectivity index (χ1v) is 9.40. The van der Waals surface area contributed by atoms with Gasteiger partial charge in [-0.15, -0.1) is 11.3 Å². The van der Waals surface area contributed by atoms with E-state index in [9.17, 15) is 9.59 Å². The van der Waals surface area contributed by atoms with E-state index in [1.165, 1.54) is 30.2 Å². The highest BCUT2D eigenvalue weighted by Gasteiger charge is 2.22. The first-order valence-electron chi connectivity index (χ1n) is 7.30. The van der Waals surface area contributed by atoms with Crippen molar-refractivity contribution in [3.05, 3.63) is 40.2 Å². The van der Waals surface area contributed by atoms with Crippen molar-refractivity contribution in [1.29, 1.82) is 0 Å². The van der Waals surface area contributed by atoms with Crippen LogP contribution in [0.1, 0.15) is 5.56 Å². The molecule has 26 heavy (non-hydrogen) atoms. The smallest absolute Gasteiger partial charge is 0.264 e. The second-order valence-corrected chi connectivity index (χ2v) is 7.55. The van der Waals surface area contributed by atoms with Gasteiger partial charge >= 0.3 is 0 Å². The summed E-state index contributed by atoms with van der Waals surface area (Å²) < 4.78 is 11.3. The van der Waals surface area contributed by atoms with E-state index in [1.54, 1.807) is 35.9 Å². The Morgan fingerprint density at radius 1 is 1.42 bits per heavy atom. The summed E-state index contributed by atoms with van der Waals surface area (Å²) in [6.45, 7) is -0.178. The Labute approximate surface area is 162 Å². The van der Waals surface area contributed by atoms with Crippen LogP contribution in [-0.4, -0.2) is 34.8 Å². The summed E-state index contributed by atoms with van der Waals surface area (Å²) >= 11 is 7.49. The van der Waals surface area contributed by atoms with Crippen LogP contribution in [0, 0.1) is 0 Å². The van der Waals surface area contributed by atoms with Crippen molar-refractivity contribution in [3.8, 4) is 11.5 Å². The molecular weight excluding hydrogens is 394 g/mol. The number of hydrogen-bond donors (Lipinski definition) is 2. The molecule has 134 valence electrons. The SMILES string of the molecule is COc1cc(/C=C2\SC(=S)NC2=O)ccc1OCC(=O)Nc1nccs1. The molecule has 1 aliphatic heterocycles. The van der Waals surface area contributed by atoms with Crippen LogP contribution in [0.3, 0.4) is 0 Å². The van der Waals surface area contributed by atoms with Crippen LogP contribution >= 0.6 is 35.3 Å². The third-order valence-electron chi connectivity index (χ3n) is 3.16. The van der Waals surface area contributed by atoms with Gasteiger partial charge in [-0.25, -0.2) is 4.98 Å².